The van der Waals surface area contributed by atoms with Crippen LogP contribution in [0.2, 0.25) is 10.0 Å². The minimum Gasteiger partial charge on any atom is -0.322 e. The summed E-state index contributed by atoms with van der Waals surface area (Å²) in [5.74, 6) is 0. The highest BCUT2D eigenvalue weighted by Crippen LogP contribution is 2.23. The van der Waals surface area contributed by atoms with Gasteiger partial charge in [-0.25, -0.2) is 0 Å². The summed E-state index contributed by atoms with van der Waals surface area (Å²) in [7, 11) is 0. The molecule has 0 spiro atoms. The Labute approximate surface area is 154 Å². The van der Waals surface area contributed by atoms with Crippen molar-refractivity contribution >= 4 is 29.3 Å². The Morgan fingerprint density at radius 2 is 1.42 bits per heavy atom. The lowest BCUT2D eigenvalue weighted by Gasteiger charge is -2.29. The van der Waals surface area contributed by atoms with Crippen molar-refractivity contribution in [3.05, 3.63) is 75.8 Å². The number of halogens is 2. The van der Waals surface area contributed by atoms with Gasteiger partial charge >= 0.3 is 0 Å². The van der Waals surface area contributed by atoms with Gasteiger partial charge in [0.2, 0.25) is 0 Å². The molecular weight excluding hydrogens is 339 g/mol. The van der Waals surface area contributed by atoms with Crippen molar-refractivity contribution in [1.82, 2.24) is 0 Å². The molecule has 24 heavy (non-hydrogen) atoms. The van der Waals surface area contributed by atoms with Crippen LogP contribution in [-0.4, -0.2) is 32.7 Å². The Morgan fingerprint density at radius 3 is 2.08 bits per heavy atom. The van der Waals surface area contributed by atoms with E-state index in [1.165, 1.54) is 18.7 Å². The van der Waals surface area contributed by atoms with Gasteiger partial charge in [-0.2, -0.15) is 0 Å². The lowest BCUT2D eigenvalue weighted by molar-refractivity contribution is -1.02. The molecule has 1 aliphatic rings. The van der Waals surface area contributed by atoms with Gasteiger partial charge in [0.25, 0.3) is 0 Å². The second kappa shape index (κ2) is 8.68. The summed E-state index contributed by atoms with van der Waals surface area (Å²) in [5.41, 5.74) is 2.36. The van der Waals surface area contributed by atoms with Gasteiger partial charge in [0.05, 0.1) is 16.6 Å². The third-order valence-electron chi connectivity index (χ3n) is 4.67. The molecular formula is C20H24Cl2N2+2. The van der Waals surface area contributed by atoms with E-state index in [4.69, 9.17) is 23.2 Å². The molecule has 0 unspecified atom stereocenters. The molecule has 1 heterocycles. The van der Waals surface area contributed by atoms with Gasteiger partial charge in [-0.3, -0.25) is 0 Å². The van der Waals surface area contributed by atoms with Crippen molar-refractivity contribution in [2.45, 2.75) is 6.54 Å². The van der Waals surface area contributed by atoms with Crippen LogP contribution in [0.25, 0.3) is 6.08 Å². The van der Waals surface area contributed by atoms with Crippen LogP contribution < -0.4 is 9.80 Å². The number of rotatable bonds is 5. The molecule has 2 aromatic rings. The van der Waals surface area contributed by atoms with E-state index in [-0.39, 0.29) is 0 Å². The third-order valence-corrected chi connectivity index (χ3v) is 5.38. The normalized spacial score (nSPS) is 21.2. The Hall–Kier alpha value is -1.32. The molecule has 3 rings (SSSR count). The largest absolute Gasteiger partial charge is 0.322 e. The lowest BCUT2D eigenvalue weighted by atomic mass is 10.2. The maximum Gasteiger partial charge on any atom is 0.127 e. The van der Waals surface area contributed by atoms with Crippen LogP contribution in [0.1, 0.15) is 11.1 Å². The zero-order valence-corrected chi connectivity index (χ0v) is 15.3. The first-order valence-corrected chi connectivity index (χ1v) is 9.29. The molecule has 0 atom stereocenters. The minimum atomic E-state index is 0.788. The average molecular weight is 363 g/mol. The summed E-state index contributed by atoms with van der Waals surface area (Å²) in [4.78, 5) is 3.22. The predicted octanol–water partition coefficient (Wildman–Crippen LogP) is 1.99. The van der Waals surface area contributed by atoms with Gasteiger partial charge in [0.1, 0.15) is 32.7 Å². The molecule has 0 saturated carbocycles. The predicted molar refractivity (Wildman–Crippen MR) is 102 cm³/mol. The molecule has 1 fully saturated rings. The van der Waals surface area contributed by atoms with Crippen LogP contribution in [0, 0.1) is 0 Å². The fraction of sp³-hybridized carbons (Fsp3) is 0.300. The number of quaternary nitrogens is 2. The summed E-state index contributed by atoms with van der Waals surface area (Å²) in [6, 6.07) is 16.3. The van der Waals surface area contributed by atoms with Crippen molar-refractivity contribution in [1.29, 1.82) is 0 Å². The van der Waals surface area contributed by atoms with Gasteiger partial charge in [-0.15, -0.1) is 0 Å². The first kappa shape index (κ1) is 17.5. The maximum atomic E-state index is 6.29. The first-order chi connectivity index (χ1) is 11.7. The highest BCUT2D eigenvalue weighted by Gasteiger charge is 2.23. The first-order valence-electron chi connectivity index (χ1n) is 8.54. The van der Waals surface area contributed by atoms with E-state index < -0.39 is 0 Å². The number of hydrogen-bond donors (Lipinski definition) is 2. The van der Waals surface area contributed by atoms with Crippen molar-refractivity contribution in [3.8, 4) is 0 Å². The van der Waals surface area contributed by atoms with Crippen LogP contribution in [0.3, 0.4) is 0 Å². The van der Waals surface area contributed by atoms with E-state index in [0.717, 1.165) is 41.8 Å². The summed E-state index contributed by atoms with van der Waals surface area (Å²) >= 11 is 12.6. The third kappa shape index (κ3) is 4.84. The van der Waals surface area contributed by atoms with Crippen LogP contribution >= 0.6 is 23.2 Å². The number of piperazine rings is 1. The number of benzene rings is 2. The zero-order chi connectivity index (χ0) is 16.8. The topological polar surface area (TPSA) is 8.88 Å². The standard InChI is InChI=1S/C20H22Cl2N2/c21-19-9-4-10-20(22)18(19)16-24-14-12-23(13-15-24)11-5-8-17-6-2-1-3-7-17/h1-10H,11-16H2/p+2/b8-5+. The average Bonchev–Trinajstić information content (AvgIpc) is 2.61. The van der Waals surface area contributed by atoms with E-state index in [9.17, 15) is 0 Å². The minimum absolute atomic E-state index is 0.788. The Morgan fingerprint density at radius 1 is 0.792 bits per heavy atom. The zero-order valence-electron chi connectivity index (χ0n) is 13.8. The fourth-order valence-corrected chi connectivity index (χ4v) is 3.75. The van der Waals surface area contributed by atoms with Gasteiger partial charge in [-0.05, 0) is 23.8 Å². The van der Waals surface area contributed by atoms with E-state index >= 15 is 0 Å². The lowest BCUT2D eigenvalue weighted by Crippen LogP contribution is -3.27. The SMILES string of the molecule is Clc1cccc(Cl)c1C[NH+]1CC[NH+](C/C=C/c2ccccc2)CC1. The molecule has 126 valence electrons. The summed E-state index contributed by atoms with van der Waals surface area (Å²) in [5, 5.41) is 1.58. The Kier molecular flexibility index (Phi) is 6.33. The highest BCUT2D eigenvalue weighted by atomic mass is 35.5. The second-order valence-electron chi connectivity index (χ2n) is 6.39. The molecule has 2 nitrogen and oxygen atoms in total. The van der Waals surface area contributed by atoms with E-state index in [1.54, 1.807) is 9.80 Å². The van der Waals surface area contributed by atoms with Gasteiger partial charge in [0.15, 0.2) is 0 Å². The van der Waals surface area contributed by atoms with E-state index in [0.29, 0.717) is 0 Å². The number of hydrogen-bond acceptors (Lipinski definition) is 0. The summed E-state index contributed by atoms with van der Waals surface area (Å²) < 4.78 is 0. The second-order valence-corrected chi connectivity index (χ2v) is 7.21. The van der Waals surface area contributed by atoms with Crippen LogP contribution in [0.15, 0.2) is 54.6 Å². The summed E-state index contributed by atoms with van der Waals surface area (Å²) in [6.45, 7) is 6.72. The molecule has 2 N–H and O–H groups in total. The number of nitrogens with one attached hydrogen (secondary N) is 2. The monoisotopic (exact) mass is 362 g/mol. The molecule has 0 bridgehead atoms. The van der Waals surface area contributed by atoms with Gasteiger partial charge in [0, 0.05) is 5.56 Å². The molecule has 1 saturated heterocycles. The van der Waals surface area contributed by atoms with Crippen molar-refractivity contribution in [2.75, 3.05) is 32.7 Å². The van der Waals surface area contributed by atoms with Crippen molar-refractivity contribution < 1.29 is 9.80 Å². The quantitative estimate of drug-likeness (QED) is 0.804. The van der Waals surface area contributed by atoms with E-state index in [2.05, 4.69) is 42.5 Å². The van der Waals surface area contributed by atoms with Crippen molar-refractivity contribution in [3.63, 3.8) is 0 Å². The molecule has 0 aliphatic carbocycles. The molecule has 0 aromatic heterocycles. The van der Waals surface area contributed by atoms with Crippen LogP contribution in [-0.2, 0) is 6.54 Å². The van der Waals surface area contributed by atoms with E-state index in [1.807, 2.05) is 18.2 Å². The highest BCUT2D eigenvalue weighted by molar-refractivity contribution is 6.35. The fourth-order valence-electron chi connectivity index (χ4n) is 3.22. The molecule has 1 aliphatic heterocycles. The van der Waals surface area contributed by atoms with Crippen molar-refractivity contribution in [2.24, 2.45) is 0 Å². The Balaban J connectivity index is 1.47. The Bertz CT molecular complexity index is 657. The van der Waals surface area contributed by atoms with Crippen LogP contribution in [0.4, 0.5) is 0 Å². The molecule has 0 radical (unpaired) electrons. The summed E-state index contributed by atoms with van der Waals surface area (Å²) in [6.07, 6.45) is 4.51. The molecule has 2 aromatic carbocycles. The molecule has 4 heteroatoms. The molecule has 0 amide bonds. The smallest absolute Gasteiger partial charge is 0.127 e. The van der Waals surface area contributed by atoms with Gasteiger partial charge in [-0.1, -0.05) is 65.7 Å². The van der Waals surface area contributed by atoms with Gasteiger partial charge < -0.3 is 9.80 Å². The maximum absolute atomic E-state index is 6.29. The van der Waals surface area contributed by atoms with Crippen LogP contribution in [0.5, 0.6) is 0 Å².